The van der Waals surface area contributed by atoms with E-state index >= 15 is 0 Å². The van der Waals surface area contributed by atoms with Gasteiger partial charge in [-0.05, 0) is 10.9 Å². The molecule has 3 aromatic rings. The molecule has 18 heavy (non-hydrogen) atoms. The molecule has 3 rings (SSSR count). The fourth-order valence-corrected chi connectivity index (χ4v) is 2.20. The molecule has 2 aromatic carbocycles. The van der Waals surface area contributed by atoms with E-state index in [0.717, 1.165) is 28.4 Å². The van der Waals surface area contributed by atoms with Gasteiger partial charge in [0.25, 0.3) is 0 Å². The maximum atomic E-state index is 5.96. The number of hydrogen-bond donors (Lipinski definition) is 0. The molecule has 0 aliphatic carbocycles. The van der Waals surface area contributed by atoms with Crippen LogP contribution in [0.15, 0.2) is 60.8 Å². The lowest BCUT2D eigenvalue weighted by Crippen LogP contribution is -2.07. The highest BCUT2D eigenvalue weighted by atomic mass is 14.7. The third-order valence-corrected chi connectivity index (χ3v) is 3.12. The van der Waals surface area contributed by atoms with Crippen LogP contribution in [-0.2, 0) is 6.42 Å². The summed E-state index contributed by atoms with van der Waals surface area (Å²) in [6.07, 6.45) is 2.59. The molecule has 84 valence electrons. The third-order valence-electron chi connectivity index (χ3n) is 3.12. The van der Waals surface area contributed by atoms with Crippen molar-refractivity contribution in [1.29, 1.82) is 0 Å². The summed E-state index contributed by atoms with van der Waals surface area (Å²) < 4.78 is 0. The zero-order valence-electron chi connectivity index (χ0n) is 10.0. The predicted octanol–water partition coefficient (Wildman–Crippen LogP) is 2.62. The minimum Gasteiger partial charge on any atom is -0.261 e. The molecule has 0 bridgehead atoms. The van der Waals surface area contributed by atoms with Crippen LogP contribution in [0, 0.1) is 0 Å². The van der Waals surface area contributed by atoms with E-state index in [2.05, 4.69) is 35.3 Å². The second-order valence-electron chi connectivity index (χ2n) is 4.37. The molecule has 0 aliphatic heterocycles. The predicted molar refractivity (Wildman–Crippen MR) is 76.4 cm³/mol. The fourth-order valence-electron chi connectivity index (χ4n) is 2.20. The minimum absolute atomic E-state index is 0.738. The van der Waals surface area contributed by atoms with Crippen molar-refractivity contribution in [3.05, 3.63) is 72.1 Å². The van der Waals surface area contributed by atoms with Crippen molar-refractivity contribution < 1.29 is 0 Å². The molecule has 1 nitrogen and oxygen atoms in total. The Morgan fingerprint density at radius 2 is 1.50 bits per heavy atom. The summed E-state index contributed by atoms with van der Waals surface area (Å²) in [6, 6.07) is 18.5. The number of fused-ring (bicyclic) bond motifs is 1. The van der Waals surface area contributed by atoms with Gasteiger partial charge in [-0.3, -0.25) is 4.98 Å². The number of nitrogens with zero attached hydrogens (tertiary/aromatic N) is 1. The zero-order chi connectivity index (χ0) is 12.4. The molecule has 0 amide bonds. The summed E-state index contributed by atoms with van der Waals surface area (Å²) in [5.74, 6) is 0. The summed E-state index contributed by atoms with van der Waals surface area (Å²) in [6.45, 7) is 0. The molecule has 0 saturated carbocycles. The molecule has 0 saturated heterocycles. The smallest absolute Gasteiger partial charge is 0.116 e. The molecular formula is C16H12BN. The molecule has 0 fully saturated rings. The molecular weight excluding hydrogens is 217 g/mol. The topological polar surface area (TPSA) is 12.9 Å². The average molecular weight is 229 g/mol. The lowest BCUT2D eigenvalue weighted by Gasteiger charge is -2.08. The van der Waals surface area contributed by atoms with E-state index in [1.54, 1.807) is 6.20 Å². The summed E-state index contributed by atoms with van der Waals surface area (Å²) in [7, 11) is 5.96. The number of benzene rings is 2. The zero-order valence-corrected chi connectivity index (χ0v) is 10.0. The Hall–Kier alpha value is -2.09. The van der Waals surface area contributed by atoms with Crippen LogP contribution in [0.2, 0.25) is 0 Å². The van der Waals surface area contributed by atoms with Gasteiger partial charge in [-0.15, -0.1) is 0 Å². The Balaban J connectivity index is 2.10. The molecule has 2 radical (unpaired) electrons. The summed E-state index contributed by atoms with van der Waals surface area (Å²) in [4.78, 5) is 4.48. The van der Waals surface area contributed by atoms with Gasteiger partial charge < -0.3 is 0 Å². The van der Waals surface area contributed by atoms with Crippen LogP contribution in [0.1, 0.15) is 11.3 Å². The molecule has 2 heteroatoms. The lowest BCUT2D eigenvalue weighted by molar-refractivity contribution is 1.10. The van der Waals surface area contributed by atoms with E-state index < -0.39 is 0 Å². The van der Waals surface area contributed by atoms with Crippen molar-refractivity contribution >= 4 is 24.1 Å². The van der Waals surface area contributed by atoms with Crippen LogP contribution in [0.5, 0.6) is 0 Å². The summed E-state index contributed by atoms with van der Waals surface area (Å²) in [5, 5.41) is 2.22. The second kappa shape index (κ2) is 4.65. The first-order valence-corrected chi connectivity index (χ1v) is 6.00. The molecule has 1 aromatic heterocycles. The van der Waals surface area contributed by atoms with E-state index in [0.29, 0.717) is 0 Å². The van der Waals surface area contributed by atoms with E-state index in [9.17, 15) is 0 Å². The maximum absolute atomic E-state index is 5.96. The number of aromatic nitrogens is 1. The van der Waals surface area contributed by atoms with Gasteiger partial charge in [-0.1, -0.05) is 60.1 Å². The normalized spacial score (nSPS) is 10.7. The number of rotatable bonds is 2. The van der Waals surface area contributed by atoms with Gasteiger partial charge in [-0.25, -0.2) is 0 Å². The fraction of sp³-hybridized carbons (Fsp3) is 0.0625. The van der Waals surface area contributed by atoms with Gasteiger partial charge in [0, 0.05) is 18.0 Å². The Morgan fingerprint density at radius 1 is 0.833 bits per heavy atom. The van der Waals surface area contributed by atoms with Crippen LogP contribution in [0.3, 0.4) is 0 Å². The van der Waals surface area contributed by atoms with Crippen molar-refractivity contribution in [1.82, 2.24) is 4.98 Å². The molecule has 0 N–H and O–H groups in total. The van der Waals surface area contributed by atoms with Crippen molar-refractivity contribution in [2.45, 2.75) is 6.42 Å². The first-order valence-electron chi connectivity index (χ1n) is 6.00. The van der Waals surface area contributed by atoms with Crippen molar-refractivity contribution in [2.75, 3.05) is 0 Å². The van der Waals surface area contributed by atoms with E-state index in [1.807, 2.05) is 24.3 Å². The van der Waals surface area contributed by atoms with Crippen molar-refractivity contribution in [3.8, 4) is 0 Å². The van der Waals surface area contributed by atoms with Crippen LogP contribution >= 0.6 is 0 Å². The molecule has 0 atom stereocenters. The van der Waals surface area contributed by atoms with Crippen LogP contribution in [0.4, 0.5) is 0 Å². The highest BCUT2D eigenvalue weighted by molar-refractivity contribution is 6.38. The van der Waals surface area contributed by atoms with Gasteiger partial charge in [0.1, 0.15) is 7.85 Å². The number of hydrogen-bond acceptors (Lipinski definition) is 1. The van der Waals surface area contributed by atoms with Gasteiger partial charge in [0.05, 0.1) is 5.69 Å². The SMILES string of the molecule is [B]c1cnc(Cc2ccccc2)c2ccccc12. The average Bonchev–Trinajstić information content (AvgIpc) is 2.44. The first-order chi connectivity index (χ1) is 8.84. The molecule has 0 spiro atoms. The third kappa shape index (κ3) is 2.02. The van der Waals surface area contributed by atoms with E-state index in [-0.39, 0.29) is 0 Å². The van der Waals surface area contributed by atoms with E-state index in [1.165, 1.54) is 5.56 Å². The van der Waals surface area contributed by atoms with Crippen molar-refractivity contribution in [3.63, 3.8) is 0 Å². The standard InChI is InChI=1S/C16H12BN/c17-15-11-18-16(10-12-6-2-1-3-7-12)14-9-5-4-8-13(14)15/h1-9,11H,10H2. The van der Waals surface area contributed by atoms with Crippen LogP contribution < -0.4 is 5.46 Å². The first kappa shape index (κ1) is 11.0. The van der Waals surface area contributed by atoms with Gasteiger partial charge >= 0.3 is 0 Å². The summed E-state index contributed by atoms with van der Waals surface area (Å²) in [5.41, 5.74) is 3.08. The molecule has 1 heterocycles. The second-order valence-corrected chi connectivity index (χ2v) is 4.37. The van der Waals surface area contributed by atoms with Crippen LogP contribution in [0.25, 0.3) is 10.8 Å². The largest absolute Gasteiger partial charge is 0.261 e. The quantitative estimate of drug-likeness (QED) is 0.615. The Bertz CT molecular complexity index is 677. The van der Waals surface area contributed by atoms with Gasteiger partial charge in [0.2, 0.25) is 0 Å². The Kier molecular flexibility index (Phi) is 2.85. The minimum atomic E-state index is 0.738. The molecule has 0 unspecified atom stereocenters. The number of pyridine rings is 1. The Labute approximate surface area is 108 Å². The van der Waals surface area contributed by atoms with Crippen LogP contribution in [-0.4, -0.2) is 12.8 Å². The van der Waals surface area contributed by atoms with Crippen molar-refractivity contribution in [2.24, 2.45) is 0 Å². The van der Waals surface area contributed by atoms with Gasteiger partial charge in [-0.2, -0.15) is 0 Å². The lowest BCUT2D eigenvalue weighted by atomic mass is 9.90. The Morgan fingerprint density at radius 3 is 2.28 bits per heavy atom. The highest BCUT2D eigenvalue weighted by Gasteiger charge is 2.04. The molecule has 0 aliphatic rings. The van der Waals surface area contributed by atoms with Gasteiger partial charge in [0.15, 0.2) is 0 Å². The highest BCUT2D eigenvalue weighted by Crippen LogP contribution is 2.17. The maximum Gasteiger partial charge on any atom is 0.116 e. The summed E-state index contributed by atoms with van der Waals surface area (Å²) >= 11 is 0. The monoisotopic (exact) mass is 229 g/mol. The van der Waals surface area contributed by atoms with E-state index in [4.69, 9.17) is 7.85 Å².